The fraction of sp³-hybridized carbons (Fsp3) is 0.481. The minimum atomic E-state index is -4.77. The Morgan fingerprint density at radius 3 is 2.06 bits per heavy atom. The molecule has 36 heavy (non-hydrogen) atoms. The zero-order chi connectivity index (χ0) is 26.5. The van der Waals surface area contributed by atoms with Gasteiger partial charge in [-0.2, -0.15) is 22.0 Å². The Labute approximate surface area is 205 Å². The summed E-state index contributed by atoms with van der Waals surface area (Å²) in [7, 11) is 0. The summed E-state index contributed by atoms with van der Waals surface area (Å²) in [5, 5.41) is 0. The predicted molar refractivity (Wildman–Crippen MR) is 122 cm³/mol. The van der Waals surface area contributed by atoms with Crippen molar-refractivity contribution < 1.29 is 39.9 Å². The highest BCUT2D eigenvalue weighted by Crippen LogP contribution is 2.42. The van der Waals surface area contributed by atoms with Crippen LogP contribution in [0.1, 0.15) is 63.9 Å². The summed E-state index contributed by atoms with van der Waals surface area (Å²) in [6, 6.07) is 4.14. The van der Waals surface area contributed by atoms with Crippen LogP contribution in [-0.2, 0) is 0 Å². The average Bonchev–Trinajstić information content (AvgIpc) is 2.78. The third-order valence-corrected chi connectivity index (χ3v) is 6.56. The van der Waals surface area contributed by atoms with Crippen molar-refractivity contribution in [3.63, 3.8) is 0 Å². The first-order valence-corrected chi connectivity index (χ1v) is 12.0. The SMILES string of the molecule is CCCCCC1CCC(C(F)(F)Oc2ccc(-c3cc(F)c(/C=C/C(F)(F)F)c(F)c3)c(F)c2)CC1. The summed E-state index contributed by atoms with van der Waals surface area (Å²) in [5.41, 5.74) is -1.55. The molecule has 0 amide bonds. The van der Waals surface area contributed by atoms with Crippen LogP contribution in [0.5, 0.6) is 5.75 Å². The lowest BCUT2D eigenvalue weighted by molar-refractivity contribution is -0.223. The standard InChI is InChI=1S/C27H28F8O/c1-2-3-4-5-17-6-8-19(9-7-17)27(34,35)36-20-10-11-21(25(30)16-20)18-14-23(28)22(24(29)15-18)12-13-26(31,32)33/h10-17,19H,2-9H2,1H3/b13-12+. The van der Waals surface area contributed by atoms with E-state index in [2.05, 4.69) is 6.92 Å². The largest absolute Gasteiger partial charge is 0.432 e. The molecule has 0 aliphatic heterocycles. The van der Waals surface area contributed by atoms with E-state index in [1.165, 1.54) is 0 Å². The predicted octanol–water partition coefficient (Wildman–Crippen LogP) is 9.70. The quantitative estimate of drug-likeness (QED) is 0.236. The first-order valence-electron chi connectivity index (χ1n) is 12.0. The molecular weight excluding hydrogens is 492 g/mol. The van der Waals surface area contributed by atoms with Crippen LogP contribution >= 0.6 is 0 Å². The van der Waals surface area contributed by atoms with Crippen molar-refractivity contribution in [1.29, 1.82) is 0 Å². The van der Waals surface area contributed by atoms with E-state index < -0.39 is 47.0 Å². The number of hydrogen-bond acceptors (Lipinski definition) is 1. The summed E-state index contributed by atoms with van der Waals surface area (Å²) in [4.78, 5) is 0. The Morgan fingerprint density at radius 2 is 1.50 bits per heavy atom. The number of hydrogen-bond donors (Lipinski definition) is 0. The maximum Gasteiger partial charge on any atom is 0.409 e. The fourth-order valence-electron chi connectivity index (χ4n) is 4.58. The van der Waals surface area contributed by atoms with Crippen LogP contribution in [0.3, 0.4) is 0 Å². The van der Waals surface area contributed by atoms with Crippen LogP contribution in [0, 0.1) is 29.3 Å². The molecule has 1 nitrogen and oxygen atoms in total. The second-order valence-corrected chi connectivity index (χ2v) is 9.25. The number of ether oxygens (including phenoxy) is 1. The Morgan fingerprint density at radius 1 is 0.861 bits per heavy atom. The molecule has 0 radical (unpaired) electrons. The first kappa shape index (κ1) is 28.0. The molecule has 0 atom stereocenters. The molecule has 0 unspecified atom stereocenters. The van der Waals surface area contributed by atoms with Crippen LogP contribution in [0.25, 0.3) is 17.2 Å². The van der Waals surface area contributed by atoms with Gasteiger partial charge in [-0.1, -0.05) is 32.6 Å². The molecule has 0 saturated heterocycles. The zero-order valence-corrected chi connectivity index (χ0v) is 19.8. The monoisotopic (exact) mass is 520 g/mol. The highest BCUT2D eigenvalue weighted by Gasteiger charge is 2.44. The van der Waals surface area contributed by atoms with Crippen molar-refractivity contribution in [3.05, 3.63) is 59.4 Å². The molecule has 0 heterocycles. The van der Waals surface area contributed by atoms with E-state index >= 15 is 0 Å². The van der Waals surface area contributed by atoms with E-state index in [-0.39, 0.29) is 23.3 Å². The van der Waals surface area contributed by atoms with Crippen molar-refractivity contribution in [2.24, 2.45) is 11.8 Å². The molecule has 0 N–H and O–H groups in total. The van der Waals surface area contributed by atoms with Crippen LogP contribution < -0.4 is 4.74 Å². The van der Waals surface area contributed by atoms with E-state index in [1.807, 2.05) is 0 Å². The minimum Gasteiger partial charge on any atom is -0.432 e. The Balaban J connectivity index is 1.69. The molecule has 1 aliphatic rings. The Kier molecular flexibility index (Phi) is 9.06. The maximum absolute atomic E-state index is 14.8. The lowest BCUT2D eigenvalue weighted by Crippen LogP contribution is -2.37. The summed E-state index contributed by atoms with van der Waals surface area (Å²) >= 11 is 0. The van der Waals surface area contributed by atoms with E-state index in [4.69, 9.17) is 4.74 Å². The average molecular weight is 521 g/mol. The van der Waals surface area contributed by atoms with Gasteiger partial charge in [-0.05, 0) is 67.5 Å². The third-order valence-electron chi connectivity index (χ3n) is 6.56. The Bertz CT molecular complexity index is 1030. The first-order chi connectivity index (χ1) is 16.9. The Hall–Kier alpha value is -2.58. The van der Waals surface area contributed by atoms with Gasteiger partial charge in [0.05, 0.1) is 5.92 Å². The smallest absolute Gasteiger partial charge is 0.409 e. The second kappa shape index (κ2) is 11.6. The van der Waals surface area contributed by atoms with Crippen molar-refractivity contribution in [3.8, 4) is 16.9 Å². The van der Waals surface area contributed by atoms with E-state index in [9.17, 15) is 35.1 Å². The van der Waals surface area contributed by atoms with Gasteiger partial charge >= 0.3 is 12.3 Å². The summed E-state index contributed by atoms with van der Waals surface area (Å²) in [5.74, 6) is -4.74. The minimum absolute atomic E-state index is 0.239. The van der Waals surface area contributed by atoms with Gasteiger partial charge in [0.1, 0.15) is 23.2 Å². The molecule has 0 spiro atoms. The third kappa shape index (κ3) is 7.46. The van der Waals surface area contributed by atoms with Gasteiger partial charge in [-0.15, -0.1) is 0 Å². The molecule has 198 valence electrons. The van der Waals surface area contributed by atoms with Gasteiger partial charge in [-0.3, -0.25) is 0 Å². The van der Waals surface area contributed by atoms with Gasteiger partial charge in [-0.25, -0.2) is 13.2 Å². The van der Waals surface area contributed by atoms with Crippen molar-refractivity contribution >= 4 is 6.08 Å². The maximum atomic E-state index is 14.8. The van der Waals surface area contributed by atoms with Gasteiger partial charge in [0.2, 0.25) is 0 Å². The normalized spacial score (nSPS) is 19.1. The molecule has 9 heteroatoms. The number of benzene rings is 2. The van der Waals surface area contributed by atoms with Gasteiger partial charge < -0.3 is 4.74 Å². The molecule has 0 bridgehead atoms. The van der Waals surface area contributed by atoms with E-state index in [1.54, 1.807) is 0 Å². The van der Waals surface area contributed by atoms with E-state index in [0.29, 0.717) is 49.8 Å². The number of halogens is 8. The number of rotatable bonds is 9. The highest BCUT2D eigenvalue weighted by atomic mass is 19.4. The van der Waals surface area contributed by atoms with Gasteiger partial charge in [0.15, 0.2) is 0 Å². The van der Waals surface area contributed by atoms with Gasteiger partial charge in [0, 0.05) is 23.3 Å². The molecule has 1 saturated carbocycles. The number of unbranched alkanes of at least 4 members (excludes halogenated alkanes) is 2. The second-order valence-electron chi connectivity index (χ2n) is 9.25. The summed E-state index contributed by atoms with van der Waals surface area (Å²) in [6.45, 7) is 2.11. The van der Waals surface area contributed by atoms with Crippen LogP contribution in [0.2, 0.25) is 0 Å². The molecular formula is C27H28F8O. The topological polar surface area (TPSA) is 9.23 Å². The summed E-state index contributed by atoms with van der Waals surface area (Å²) < 4.78 is 114. The number of alkyl halides is 5. The molecule has 2 aromatic carbocycles. The molecule has 3 rings (SSSR count). The van der Waals surface area contributed by atoms with Crippen molar-refractivity contribution in [2.45, 2.75) is 70.6 Å². The number of allylic oxidation sites excluding steroid dienone is 1. The molecule has 0 aromatic heterocycles. The highest BCUT2D eigenvalue weighted by molar-refractivity contribution is 5.68. The van der Waals surface area contributed by atoms with E-state index in [0.717, 1.165) is 37.8 Å². The van der Waals surface area contributed by atoms with Crippen LogP contribution in [-0.4, -0.2) is 12.3 Å². The molecule has 2 aromatic rings. The summed E-state index contributed by atoms with van der Waals surface area (Å²) in [6.07, 6.45) is -2.03. The molecule has 1 aliphatic carbocycles. The zero-order valence-electron chi connectivity index (χ0n) is 19.8. The van der Waals surface area contributed by atoms with Crippen molar-refractivity contribution in [1.82, 2.24) is 0 Å². The fourth-order valence-corrected chi connectivity index (χ4v) is 4.58. The molecule has 1 fully saturated rings. The lowest BCUT2D eigenvalue weighted by atomic mass is 9.79. The van der Waals surface area contributed by atoms with Gasteiger partial charge in [0.25, 0.3) is 0 Å². The van der Waals surface area contributed by atoms with Crippen molar-refractivity contribution in [2.75, 3.05) is 0 Å². The van der Waals surface area contributed by atoms with Crippen LogP contribution in [0.15, 0.2) is 36.4 Å². The lowest BCUT2D eigenvalue weighted by Gasteiger charge is -2.33. The van der Waals surface area contributed by atoms with Crippen LogP contribution in [0.4, 0.5) is 35.1 Å².